The lowest BCUT2D eigenvalue weighted by molar-refractivity contribution is -0.113. The highest BCUT2D eigenvalue weighted by atomic mass is 32.2. The Morgan fingerprint density at radius 3 is 2.87 bits per heavy atom. The lowest BCUT2D eigenvalue weighted by Gasteiger charge is -2.02. The Hall–Kier alpha value is -2.17. The first-order valence-electron chi connectivity index (χ1n) is 6.31. The van der Waals surface area contributed by atoms with Crippen molar-refractivity contribution in [3.8, 4) is 10.8 Å². The van der Waals surface area contributed by atoms with E-state index in [1.54, 1.807) is 11.4 Å². The molecule has 0 spiro atoms. The predicted octanol–water partition coefficient (Wildman–Crippen LogP) is 2.69. The van der Waals surface area contributed by atoms with Crippen molar-refractivity contribution in [2.45, 2.75) is 5.22 Å². The summed E-state index contributed by atoms with van der Waals surface area (Å²) >= 11 is 3.86. The van der Waals surface area contributed by atoms with Crippen LogP contribution in [0.5, 0.6) is 0 Å². The SMILES string of the molecule is NC(=O)c1ccsc1NC(=O)CSc1nnc(-c2cccs2)o1. The van der Waals surface area contributed by atoms with Gasteiger partial charge in [0.1, 0.15) is 5.00 Å². The zero-order valence-electron chi connectivity index (χ0n) is 11.5. The fraction of sp³-hybridized carbons (Fsp3) is 0.0769. The highest BCUT2D eigenvalue weighted by Crippen LogP contribution is 2.27. The Morgan fingerprint density at radius 1 is 1.26 bits per heavy atom. The van der Waals surface area contributed by atoms with Gasteiger partial charge in [0.15, 0.2) is 0 Å². The summed E-state index contributed by atoms with van der Waals surface area (Å²) < 4.78 is 5.48. The van der Waals surface area contributed by atoms with Crippen molar-refractivity contribution in [2.24, 2.45) is 5.73 Å². The molecule has 0 aliphatic carbocycles. The van der Waals surface area contributed by atoms with Crippen molar-refractivity contribution in [1.82, 2.24) is 10.2 Å². The quantitative estimate of drug-likeness (QED) is 0.649. The minimum Gasteiger partial charge on any atom is -0.410 e. The molecule has 0 aromatic carbocycles. The van der Waals surface area contributed by atoms with Crippen molar-refractivity contribution < 1.29 is 14.0 Å². The third-order valence-corrected chi connectivity index (χ3v) is 5.15. The Bertz CT molecular complexity index is 825. The highest BCUT2D eigenvalue weighted by Gasteiger charge is 2.15. The number of amides is 2. The van der Waals surface area contributed by atoms with Gasteiger partial charge in [-0.1, -0.05) is 17.8 Å². The van der Waals surface area contributed by atoms with E-state index in [-0.39, 0.29) is 11.7 Å². The van der Waals surface area contributed by atoms with E-state index in [0.717, 1.165) is 16.6 Å². The van der Waals surface area contributed by atoms with Crippen LogP contribution in [0.4, 0.5) is 5.00 Å². The van der Waals surface area contributed by atoms with E-state index < -0.39 is 5.91 Å². The molecule has 0 aliphatic heterocycles. The van der Waals surface area contributed by atoms with Gasteiger partial charge >= 0.3 is 0 Å². The molecule has 3 N–H and O–H groups in total. The van der Waals surface area contributed by atoms with Gasteiger partial charge in [-0.15, -0.1) is 32.9 Å². The monoisotopic (exact) mass is 366 g/mol. The summed E-state index contributed by atoms with van der Waals surface area (Å²) in [6, 6.07) is 5.34. The van der Waals surface area contributed by atoms with Crippen LogP contribution in [0.25, 0.3) is 10.8 Å². The number of nitrogens with zero attached hydrogens (tertiary/aromatic N) is 2. The molecular weight excluding hydrogens is 356 g/mol. The molecule has 3 aromatic rings. The first-order valence-corrected chi connectivity index (χ1v) is 9.05. The summed E-state index contributed by atoms with van der Waals surface area (Å²) in [4.78, 5) is 24.0. The first-order chi connectivity index (χ1) is 11.1. The maximum Gasteiger partial charge on any atom is 0.277 e. The van der Waals surface area contributed by atoms with Crippen molar-refractivity contribution in [3.05, 3.63) is 34.5 Å². The van der Waals surface area contributed by atoms with Crippen molar-refractivity contribution in [1.29, 1.82) is 0 Å². The number of aromatic nitrogens is 2. The number of hydrogen-bond acceptors (Lipinski definition) is 8. The average Bonchev–Trinajstić information content (AvgIpc) is 3.25. The van der Waals surface area contributed by atoms with E-state index in [4.69, 9.17) is 10.2 Å². The highest BCUT2D eigenvalue weighted by molar-refractivity contribution is 7.99. The molecule has 3 rings (SSSR count). The number of thioether (sulfide) groups is 1. The number of hydrogen-bond donors (Lipinski definition) is 2. The molecule has 2 amide bonds. The van der Waals surface area contributed by atoms with Crippen LogP contribution in [0.2, 0.25) is 0 Å². The number of thiophene rings is 2. The van der Waals surface area contributed by atoms with Gasteiger partial charge in [0.05, 0.1) is 16.2 Å². The fourth-order valence-electron chi connectivity index (χ4n) is 1.66. The van der Waals surface area contributed by atoms with Gasteiger partial charge in [-0.2, -0.15) is 0 Å². The zero-order chi connectivity index (χ0) is 16.2. The molecule has 0 bridgehead atoms. The van der Waals surface area contributed by atoms with Gasteiger partial charge in [-0.05, 0) is 22.9 Å². The zero-order valence-corrected chi connectivity index (χ0v) is 14.0. The average molecular weight is 366 g/mol. The Morgan fingerprint density at radius 2 is 2.13 bits per heavy atom. The number of primary amides is 1. The summed E-state index contributed by atoms with van der Waals surface area (Å²) in [6.45, 7) is 0. The number of carbonyl (C=O) groups is 2. The lowest BCUT2D eigenvalue weighted by Crippen LogP contribution is -2.17. The third kappa shape index (κ3) is 3.78. The van der Waals surface area contributed by atoms with E-state index in [9.17, 15) is 9.59 Å². The molecule has 3 heterocycles. The summed E-state index contributed by atoms with van der Waals surface area (Å²) in [6.07, 6.45) is 0. The smallest absolute Gasteiger partial charge is 0.277 e. The van der Waals surface area contributed by atoms with Gasteiger partial charge in [0.2, 0.25) is 5.91 Å². The van der Waals surface area contributed by atoms with Crippen LogP contribution in [-0.4, -0.2) is 27.8 Å². The second kappa shape index (κ2) is 6.94. The largest absolute Gasteiger partial charge is 0.410 e. The van der Waals surface area contributed by atoms with Crippen LogP contribution in [0.1, 0.15) is 10.4 Å². The number of anilines is 1. The summed E-state index contributed by atoms with van der Waals surface area (Å²) in [5.74, 6) is -0.345. The molecule has 0 radical (unpaired) electrons. The minimum absolute atomic E-state index is 0.0855. The predicted molar refractivity (Wildman–Crippen MR) is 89.8 cm³/mol. The Labute approximate surface area is 142 Å². The van der Waals surface area contributed by atoms with E-state index >= 15 is 0 Å². The Balaban J connectivity index is 1.57. The molecular formula is C13H10N4O3S3. The van der Waals surface area contributed by atoms with E-state index in [1.807, 2.05) is 17.5 Å². The normalized spacial score (nSPS) is 10.6. The topological polar surface area (TPSA) is 111 Å². The molecule has 0 saturated carbocycles. The number of nitrogens with one attached hydrogen (secondary N) is 1. The molecule has 7 nitrogen and oxygen atoms in total. The maximum atomic E-state index is 11.9. The van der Waals surface area contributed by atoms with Gasteiger partial charge < -0.3 is 15.5 Å². The molecule has 0 atom stereocenters. The van der Waals surface area contributed by atoms with Crippen molar-refractivity contribution in [3.63, 3.8) is 0 Å². The molecule has 0 aliphatic rings. The first kappa shape index (κ1) is 15.7. The minimum atomic E-state index is -0.577. The molecule has 0 unspecified atom stereocenters. The molecule has 118 valence electrons. The molecule has 10 heteroatoms. The second-order valence-electron chi connectivity index (χ2n) is 4.21. The Kier molecular flexibility index (Phi) is 4.74. The lowest BCUT2D eigenvalue weighted by atomic mass is 10.3. The standard InChI is InChI=1S/C13H10N4O3S3/c14-10(19)7-3-5-22-12(7)15-9(18)6-23-13-17-16-11(20-13)8-2-1-4-21-8/h1-5H,6H2,(H2,14,19)(H,15,18). The summed E-state index contributed by atoms with van der Waals surface area (Å²) in [5.41, 5.74) is 5.53. The maximum absolute atomic E-state index is 11.9. The van der Waals surface area contributed by atoms with E-state index in [1.165, 1.54) is 22.7 Å². The number of nitrogens with two attached hydrogens (primary N) is 1. The summed E-state index contributed by atoms with van der Waals surface area (Å²) in [5, 5.41) is 14.8. The van der Waals surface area contributed by atoms with Crippen molar-refractivity contribution in [2.75, 3.05) is 11.1 Å². The van der Waals surface area contributed by atoms with Gasteiger partial charge in [0, 0.05) is 0 Å². The van der Waals surface area contributed by atoms with Crippen molar-refractivity contribution >= 4 is 51.3 Å². The summed E-state index contributed by atoms with van der Waals surface area (Å²) in [7, 11) is 0. The van der Waals surface area contributed by atoms with Crippen LogP contribution in [0.15, 0.2) is 38.6 Å². The molecule has 23 heavy (non-hydrogen) atoms. The van der Waals surface area contributed by atoms with Gasteiger partial charge in [-0.25, -0.2) is 0 Å². The fourth-order valence-corrected chi connectivity index (χ4v) is 3.67. The van der Waals surface area contributed by atoms with Crippen LogP contribution < -0.4 is 11.1 Å². The number of rotatable bonds is 6. The molecule has 0 saturated heterocycles. The second-order valence-corrected chi connectivity index (χ2v) is 7.01. The number of carbonyl (C=O) groups excluding carboxylic acids is 2. The van der Waals surface area contributed by atoms with Gasteiger partial charge in [0.25, 0.3) is 17.0 Å². The van der Waals surface area contributed by atoms with Gasteiger partial charge in [-0.3, -0.25) is 9.59 Å². The van der Waals surface area contributed by atoms with Crippen LogP contribution in [-0.2, 0) is 4.79 Å². The van der Waals surface area contributed by atoms with Crippen LogP contribution in [0.3, 0.4) is 0 Å². The van der Waals surface area contributed by atoms with Crippen LogP contribution >= 0.6 is 34.4 Å². The van der Waals surface area contributed by atoms with E-state index in [2.05, 4.69) is 15.5 Å². The third-order valence-electron chi connectivity index (χ3n) is 2.65. The molecule has 0 fully saturated rings. The van der Waals surface area contributed by atoms with E-state index in [0.29, 0.717) is 21.7 Å². The molecule has 3 aromatic heterocycles. The van der Waals surface area contributed by atoms with Crippen LogP contribution in [0, 0.1) is 0 Å².